The van der Waals surface area contributed by atoms with Gasteiger partial charge in [0.2, 0.25) is 5.91 Å². The van der Waals surface area contributed by atoms with E-state index in [1.54, 1.807) is 19.3 Å². The number of nitrogens with one attached hydrogen (secondary N) is 2. The van der Waals surface area contributed by atoms with Gasteiger partial charge >= 0.3 is 0 Å². The molecule has 0 radical (unpaired) electrons. The van der Waals surface area contributed by atoms with Gasteiger partial charge in [0.05, 0.1) is 17.2 Å². The van der Waals surface area contributed by atoms with E-state index in [2.05, 4.69) is 22.4 Å². The Bertz CT molecular complexity index is 1230. The Balaban J connectivity index is 1.60. The van der Waals surface area contributed by atoms with Gasteiger partial charge in [-0.15, -0.1) is 0 Å². The summed E-state index contributed by atoms with van der Waals surface area (Å²) in [7, 11) is 1.63. The maximum Gasteiger partial charge on any atom is 0.239 e. The second-order valence-electron chi connectivity index (χ2n) is 9.15. The number of carbonyl (C=O) groups is 1. The molecule has 2 heterocycles. The summed E-state index contributed by atoms with van der Waals surface area (Å²) in [4.78, 5) is 19.5. The number of hydrogen-bond donors (Lipinski definition) is 3. The van der Waals surface area contributed by atoms with Crippen molar-refractivity contribution in [2.24, 2.45) is 0 Å². The molecule has 1 aliphatic carbocycles. The summed E-state index contributed by atoms with van der Waals surface area (Å²) < 4.78 is 0. The van der Waals surface area contributed by atoms with Crippen molar-refractivity contribution >= 4 is 29.2 Å². The number of halogens is 1. The van der Waals surface area contributed by atoms with Crippen molar-refractivity contribution in [2.75, 3.05) is 12.8 Å². The number of nitrogen functional groups attached to an aromatic ring is 1. The third-order valence-electron chi connectivity index (χ3n) is 6.73. The molecular weight excluding hydrogens is 434 g/mol. The molecule has 0 spiro atoms. The minimum absolute atomic E-state index is 0.0487. The molecule has 7 heteroatoms. The summed E-state index contributed by atoms with van der Waals surface area (Å²) in [5.74, 6) is 0.00848. The summed E-state index contributed by atoms with van der Waals surface area (Å²) in [5.41, 5.74) is 10.3. The number of rotatable bonds is 4. The third kappa shape index (κ3) is 3.85. The number of pyridine rings is 1. The van der Waals surface area contributed by atoms with Gasteiger partial charge in [0.15, 0.2) is 5.96 Å². The molecule has 33 heavy (non-hydrogen) atoms. The van der Waals surface area contributed by atoms with Crippen molar-refractivity contribution in [3.63, 3.8) is 0 Å². The lowest BCUT2D eigenvalue weighted by Crippen LogP contribution is -2.62. The molecule has 1 unspecified atom stereocenters. The van der Waals surface area contributed by atoms with Crippen LogP contribution in [0.1, 0.15) is 48.4 Å². The zero-order valence-corrected chi connectivity index (χ0v) is 19.4. The van der Waals surface area contributed by atoms with Crippen LogP contribution in [0.3, 0.4) is 0 Å². The quantitative estimate of drug-likeness (QED) is 0.485. The fourth-order valence-corrected chi connectivity index (χ4v) is 4.93. The number of carbonyl (C=O) groups excluding carboxylic acids is 1. The monoisotopic (exact) mass is 459 g/mol. The lowest BCUT2D eigenvalue weighted by Gasteiger charge is -2.45. The fraction of sp³-hybridized carbons (Fsp3) is 0.269. The summed E-state index contributed by atoms with van der Waals surface area (Å²) in [5, 5.41) is 12.2. The van der Waals surface area contributed by atoms with Crippen molar-refractivity contribution in [1.29, 1.82) is 5.41 Å². The Hall–Kier alpha value is -3.38. The van der Waals surface area contributed by atoms with Crippen LogP contribution in [0, 0.1) is 5.41 Å². The van der Waals surface area contributed by atoms with Gasteiger partial charge in [0, 0.05) is 24.0 Å². The second-order valence-corrected chi connectivity index (χ2v) is 9.59. The van der Waals surface area contributed by atoms with Crippen LogP contribution < -0.4 is 11.1 Å². The SMILES string of the molecule is CN1C(=N)N[C@](C)(c2cc(-c3cc(N)cc(Cl)c3)ccn2)C(c2ccc(C3CC3)cc2)C1=O. The predicted octanol–water partition coefficient (Wildman–Crippen LogP) is 4.86. The van der Waals surface area contributed by atoms with Crippen molar-refractivity contribution in [3.8, 4) is 11.1 Å². The Morgan fingerprint density at radius 2 is 1.79 bits per heavy atom. The van der Waals surface area contributed by atoms with Crippen molar-refractivity contribution in [3.05, 3.63) is 82.6 Å². The fourth-order valence-electron chi connectivity index (χ4n) is 4.69. The molecule has 4 N–H and O–H groups in total. The van der Waals surface area contributed by atoms with Crippen molar-refractivity contribution < 1.29 is 4.79 Å². The highest BCUT2D eigenvalue weighted by Gasteiger charge is 2.49. The number of benzene rings is 2. The zero-order valence-electron chi connectivity index (χ0n) is 18.6. The first-order valence-electron chi connectivity index (χ1n) is 11.0. The summed E-state index contributed by atoms with van der Waals surface area (Å²) in [6.07, 6.45) is 4.17. The van der Waals surface area contributed by atoms with Crippen LogP contribution in [0.25, 0.3) is 11.1 Å². The number of nitrogens with zero attached hydrogens (tertiary/aromatic N) is 2. The van der Waals surface area contributed by atoms with Gasteiger partial charge in [0.25, 0.3) is 0 Å². The van der Waals surface area contributed by atoms with E-state index < -0.39 is 11.5 Å². The standard InChI is InChI=1S/C26H26ClN5O/c1-26(22-13-18(9-10-30-22)19-11-20(27)14-21(28)12-19)23(24(33)32(2)25(29)31-26)17-7-5-16(6-8-17)15-3-4-15/h5-15,23H,3-4,28H2,1-2H3,(H2,29,31)/t23?,26-/m1/s1. The lowest BCUT2D eigenvalue weighted by atomic mass is 9.75. The molecular formula is C26H26ClN5O. The number of likely N-dealkylation sites (N-methyl/N-ethyl adjacent to an activating group) is 1. The number of guanidine groups is 1. The highest BCUT2D eigenvalue weighted by Crippen LogP contribution is 2.43. The number of aromatic nitrogens is 1. The molecule has 1 aliphatic heterocycles. The molecule has 1 amide bonds. The number of anilines is 1. The molecule has 3 aromatic rings. The maximum absolute atomic E-state index is 13.5. The lowest BCUT2D eigenvalue weighted by molar-refractivity contribution is -0.131. The largest absolute Gasteiger partial charge is 0.399 e. The average molecular weight is 460 g/mol. The van der Waals surface area contributed by atoms with Gasteiger partial charge in [0.1, 0.15) is 0 Å². The molecule has 2 aromatic carbocycles. The van der Waals surface area contributed by atoms with E-state index in [9.17, 15) is 4.79 Å². The molecule has 6 nitrogen and oxygen atoms in total. The summed E-state index contributed by atoms with van der Waals surface area (Å²) in [6.45, 7) is 1.93. The van der Waals surface area contributed by atoms with E-state index in [1.165, 1.54) is 23.3 Å². The number of nitrogens with two attached hydrogens (primary N) is 1. The molecule has 1 aromatic heterocycles. The van der Waals surface area contributed by atoms with E-state index >= 15 is 0 Å². The first-order chi connectivity index (χ1) is 15.8. The molecule has 1 saturated heterocycles. The summed E-state index contributed by atoms with van der Waals surface area (Å²) >= 11 is 6.23. The number of hydrogen-bond acceptors (Lipinski definition) is 4. The molecule has 5 rings (SSSR count). The number of amides is 1. The highest BCUT2D eigenvalue weighted by atomic mass is 35.5. The zero-order chi connectivity index (χ0) is 23.3. The van der Waals surface area contributed by atoms with Crippen LogP contribution in [0.2, 0.25) is 5.02 Å². The molecule has 2 fully saturated rings. The highest BCUT2D eigenvalue weighted by molar-refractivity contribution is 6.31. The van der Waals surface area contributed by atoms with Crippen LogP contribution >= 0.6 is 11.6 Å². The van der Waals surface area contributed by atoms with E-state index in [1.807, 2.05) is 43.3 Å². The van der Waals surface area contributed by atoms with Crippen LogP contribution in [0.4, 0.5) is 5.69 Å². The maximum atomic E-state index is 13.5. The van der Waals surface area contributed by atoms with Gasteiger partial charge in [-0.2, -0.15) is 0 Å². The predicted molar refractivity (Wildman–Crippen MR) is 131 cm³/mol. The molecule has 2 aliphatic rings. The molecule has 1 saturated carbocycles. The van der Waals surface area contributed by atoms with Gasteiger partial charge in [-0.25, -0.2) is 0 Å². The Labute approximate surface area is 198 Å². The molecule has 0 bridgehead atoms. The van der Waals surface area contributed by atoms with Crippen LogP contribution in [0.15, 0.2) is 60.8 Å². The molecule has 2 atom stereocenters. The van der Waals surface area contributed by atoms with Crippen LogP contribution in [0.5, 0.6) is 0 Å². The first-order valence-corrected chi connectivity index (χ1v) is 11.4. The average Bonchev–Trinajstić information content (AvgIpc) is 3.63. The van der Waals surface area contributed by atoms with E-state index in [0.29, 0.717) is 22.3 Å². The van der Waals surface area contributed by atoms with E-state index in [4.69, 9.17) is 22.7 Å². The van der Waals surface area contributed by atoms with Gasteiger partial charge in [-0.1, -0.05) is 35.9 Å². The van der Waals surface area contributed by atoms with Gasteiger partial charge in [-0.05, 0) is 78.3 Å². The molecule has 168 valence electrons. The minimum atomic E-state index is -0.915. The van der Waals surface area contributed by atoms with E-state index in [-0.39, 0.29) is 11.9 Å². The van der Waals surface area contributed by atoms with Crippen molar-refractivity contribution in [2.45, 2.75) is 37.1 Å². The van der Waals surface area contributed by atoms with Crippen LogP contribution in [-0.4, -0.2) is 28.8 Å². The Kier molecular flexibility index (Phi) is 5.13. The first kappa shape index (κ1) is 21.5. The Morgan fingerprint density at radius 1 is 1.09 bits per heavy atom. The third-order valence-corrected chi connectivity index (χ3v) is 6.95. The normalized spacial score (nSPS) is 22.9. The van der Waals surface area contributed by atoms with Crippen LogP contribution in [-0.2, 0) is 10.3 Å². The second kappa shape index (κ2) is 7.89. The van der Waals surface area contributed by atoms with E-state index in [0.717, 1.165) is 16.7 Å². The topological polar surface area (TPSA) is 95.1 Å². The summed E-state index contributed by atoms with van der Waals surface area (Å²) in [6, 6.07) is 17.6. The Morgan fingerprint density at radius 3 is 2.45 bits per heavy atom. The smallest absolute Gasteiger partial charge is 0.239 e. The van der Waals surface area contributed by atoms with Crippen molar-refractivity contribution in [1.82, 2.24) is 15.2 Å². The minimum Gasteiger partial charge on any atom is -0.399 e. The van der Waals surface area contributed by atoms with Gasteiger partial charge < -0.3 is 11.1 Å². The van der Waals surface area contributed by atoms with Gasteiger partial charge in [-0.3, -0.25) is 20.1 Å².